The van der Waals surface area contributed by atoms with Gasteiger partial charge in [-0.2, -0.15) is 0 Å². The summed E-state index contributed by atoms with van der Waals surface area (Å²) in [7, 11) is 0. The van der Waals surface area contributed by atoms with E-state index in [1.54, 1.807) is 0 Å². The SMILES string of the molecule is CC1(C)CCC(OC2CCCCC2N)CC1. The third kappa shape index (κ3) is 3.21. The van der Waals surface area contributed by atoms with E-state index in [1.807, 2.05) is 0 Å². The zero-order valence-corrected chi connectivity index (χ0v) is 10.9. The lowest BCUT2D eigenvalue weighted by Gasteiger charge is -2.38. The molecule has 0 amide bonds. The largest absolute Gasteiger partial charge is 0.373 e. The van der Waals surface area contributed by atoms with Gasteiger partial charge in [0.15, 0.2) is 0 Å². The van der Waals surface area contributed by atoms with Gasteiger partial charge in [0.1, 0.15) is 0 Å². The van der Waals surface area contributed by atoms with Gasteiger partial charge < -0.3 is 10.5 Å². The first-order chi connectivity index (χ1) is 7.57. The van der Waals surface area contributed by atoms with Gasteiger partial charge in [-0.25, -0.2) is 0 Å². The maximum Gasteiger partial charge on any atom is 0.0729 e. The average Bonchev–Trinajstić information content (AvgIpc) is 2.24. The number of nitrogens with two attached hydrogens (primary N) is 1. The van der Waals surface area contributed by atoms with Crippen LogP contribution in [0.4, 0.5) is 0 Å². The van der Waals surface area contributed by atoms with Crippen molar-refractivity contribution in [3.8, 4) is 0 Å². The molecule has 0 spiro atoms. The second-order valence-corrected chi connectivity index (χ2v) is 6.49. The van der Waals surface area contributed by atoms with Gasteiger partial charge in [-0.05, 0) is 43.9 Å². The molecule has 2 saturated carbocycles. The van der Waals surface area contributed by atoms with Crippen molar-refractivity contribution in [1.29, 1.82) is 0 Å². The van der Waals surface area contributed by atoms with Crippen molar-refractivity contribution >= 4 is 0 Å². The molecule has 2 nitrogen and oxygen atoms in total. The van der Waals surface area contributed by atoms with Crippen LogP contribution < -0.4 is 5.73 Å². The van der Waals surface area contributed by atoms with Crippen molar-refractivity contribution in [1.82, 2.24) is 0 Å². The molecule has 16 heavy (non-hydrogen) atoms. The molecular weight excluding hydrogens is 198 g/mol. The Kier molecular flexibility index (Phi) is 3.91. The molecule has 0 radical (unpaired) electrons. The van der Waals surface area contributed by atoms with E-state index in [2.05, 4.69) is 13.8 Å². The summed E-state index contributed by atoms with van der Waals surface area (Å²) in [6.45, 7) is 4.74. The lowest BCUT2D eigenvalue weighted by atomic mass is 9.76. The zero-order chi connectivity index (χ0) is 11.6. The van der Waals surface area contributed by atoms with Crippen molar-refractivity contribution in [2.45, 2.75) is 83.5 Å². The highest BCUT2D eigenvalue weighted by Gasteiger charge is 2.31. The molecule has 0 aliphatic heterocycles. The van der Waals surface area contributed by atoms with E-state index in [0.717, 1.165) is 6.42 Å². The Hall–Kier alpha value is -0.0800. The Morgan fingerprint density at radius 1 is 1.00 bits per heavy atom. The molecule has 2 atom stereocenters. The third-order valence-electron chi connectivity index (χ3n) is 4.41. The minimum absolute atomic E-state index is 0.295. The first-order valence-electron chi connectivity index (χ1n) is 6.98. The lowest BCUT2D eigenvalue weighted by Crippen LogP contribution is -2.42. The molecular formula is C14H27NO. The minimum Gasteiger partial charge on any atom is -0.373 e. The van der Waals surface area contributed by atoms with Crippen molar-refractivity contribution in [2.24, 2.45) is 11.1 Å². The first kappa shape index (κ1) is 12.4. The van der Waals surface area contributed by atoms with Crippen LogP contribution in [0.15, 0.2) is 0 Å². The summed E-state index contributed by atoms with van der Waals surface area (Å²) in [5, 5.41) is 0. The molecule has 2 aliphatic rings. The quantitative estimate of drug-likeness (QED) is 0.783. The fourth-order valence-corrected chi connectivity index (χ4v) is 3.05. The van der Waals surface area contributed by atoms with E-state index in [1.165, 1.54) is 44.9 Å². The van der Waals surface area contributed by atoms with Crippen LogP contribution in [0.2, 0.25) is 0 Å². The molecule has 0 bridgehead atoms. The highest BCUT2D eigenvalue weighted by Crippen LogP contribution is 2.37. The van der Waals surface area contributed by atoms with E-state index in [-0.39, 0.29) is 0 Å². The van der Waals surface area contributed by atoms with Gasteiger partial charge in [0.2, 0.25) is 0 Å². The number of ether oxygens (including phenoxy) is 1. The van der Waals surface area contributed by atoms with Gasteiger partial charge in [-0.3, -0.25) is 0 Å². The van der Waals surface area contributed by atoms with Crippen LogP contribution in [0.1, 0.15) is 65.2 Å². The van der Waals surface area contributed by atoms with Crippen LogP contribution in [0.25, 0.3) is 0 Å². The molecule has 0 saturated heterocycles. The van der Waals surface area contributed by atoms with Gasteiger partial charge in [-0.15, -0.1) is 0 Å². The zero-order valence-electron chi connectivity index (χ0n) is 10.9. The molecule has 2 fully saturated rings. The van der Waals surface area contributed by atoms with Gasteiger partial charge in [0.05, 0.1) is 12.2 Å². The smallest absolute Gasteiger partial charge is 0.0729 e. The molecule has 0 aromatic rings. The summed E-state index contributed by atoms with van der Waals surface area (Å²) < 4.78 is 6.21. The average molecular weight is 225 g/mol. The molecule has 2 heteroatoms. The van der Waals surface area contributed by atoms with Crippen molar-refractivity contribution in [3.05, 3.63) is 0 Å². The van der Waals surface area contributed by atoms with Crippen molar-refractivity contribution < 1.29 is 4.74 Å². The monoisotopic (exact) mass is 225 g/mol. The highest BCUT2D eigenvalue weighted by molar-refractivity contribution is 4.83. The van der Waals surface area contributed by atoms with Crippen LogP contribution in [0, 0.1) is 5.41 Å². The molecule has 2 rings (SSSR count). The Labute approximate surface area is 99.9 Å². The van der Waals surface area contributed by atoms with Crippen LogP contribution in [-0.2, 0) is 4.74 Å². The second-order valence-electron chi connectivity index (χ2n) is 6.49. The number of hydrogen-bond donors (Lipinski definition) is 1. The highest BCUT2D eigenvalue weighted by atomic mass is 16.5. The number of hydrogen-bond acceptors (Lipinski definition) is 2. The summed E-state index contributed by atoms with van der Waals surface area (Å²) in [6, 6.07) is 0.295. The summed E-state index contributed by atoms with van der Waals surface area (Å²) in [5.41, 5.74) is 6.66. The molecule has 94 valence electrons. The summed E-state index contributed by atoms with van der Waals surface area (Å²) in [4.78, 5) is 0. The maximum absolute atomic E-state index is 6.21. The second kappa shape index (κ2) is 5.05. The van der Waals surface area contributed by atoms with Gasteiger partial charge in [-0.1, -0.05) is 26.7 Å². The maximum atomic E-state index is 6.21. The summed E-state index contributed by atoms with van der Waals surface area (Å²) in [5.74, 6) is 0. The van der Waals surface area contributed by atoms with Crippen molar-refractivity contribution in [2.75, 3.05) is 0 Å². The lowest BCUT2D eigenvalue weighted by molar-refractivity contribution is -0.0660. The van der Waals surface area contributed by atoms with Crippen LogP contribution in [0.3, 0.4) is 0 Å². The Morgan fingerprint density at radius 3 is 2.25 bits per heavy atom. The molecule has 2 aliphatic carbocycles. The van der Waals surface area contributed by atoms with E-state index >= 15 is 0 Å². The van der Waals surface area contributed by atoms with Crippen LogP contribution in [-0.4, -0.2) is 18.2 Å². The van der Waals surface area contributed by atoms with Gasteiger partial charge in [0.25, 0.3) is 0 Å². The number of rotatable bonds is 2. The third-order valence-corrected chi connectivity index (χ3v) is 4.41. The predicted octanol–water partition coefficient (Wildman–Crippen LogP) is 3.24. The van der Waals surface area contributed by atoms with Crippen LogP contribution >= 0.6 is 0 Å². The Balaban J connectivity index is 1.77. The molecule has 0 aromatic carbocycles. The van der Waals surface area contributed by atoms with Crippen LogP contribution in [0.5, 0.6) is 0 Å². The minimum atomic E-state index is 0.295. The molecule has 2 N–H and O–H groups in total. The fourth-order valence-electron chi connectivity index (χ4n) is 3.05. The first-order valence-corrected chi connectivity index (χ1v) is 6.98. The topological polar surface area (TPSA) is 35.2 Å². The van der Waals surface area contributed by atoms with Gasteiger partial charge in [0, 0.05) is 6.04 Å². The molecule has 0 heterocycles. The van der Waals surface area contributed by atoms with E-state index in [9.17, 15) is 0 Å². The Morgan fingerprint density at radius 2 is 1.62 bits per heavy atom. The Bertz CT molecular complexity index is 217. The molecule has 2 unspecified atom stereocenters. The summed E-state index contributed by atoms with van der Waals surface area (Å²) >= 11 is 0. The predicted molar refractivity (Wildman–Crippen MR) is 67.4 cm³/mol. The van der Waals surface area contributed by atoms with Crippen molar-refractivity contribution in [3.63, 3.8) is 0 Å². The summed E-state index contributed by atoms with van der Waals surface area (Å²) in [6.07, 6.45) is 10.8. The van der Waals surface area contributed by atoms with E-state index in [0.29, 0.717) is 23.7 Å². The molecule has 0 aromatic heterocycles. The van der Waals surface area contributed by atoms with E-state index < -0.39 is 0 Å². The van der Waals surface area contributed by atoms with Gasteiger partial charge >= 0.3 is 0 Å². The standard InChI is InChI=1S/C14H27NO/c1-14(2)9-7-11(8-10-14)16-13-6-4-3-5-12(13)15/h11-13H,3-10,15H2,1-2H3. The normalized spacial score (nSPS) is 36.2. The van der Waals surface area contributed by atoms with E-state index in [4.69, 9.17) is 10.5 Å². The fraction of sp³-hybridized carbons (Fsp3) is 1.00.